The lowest BCUT2D eigenvalue weighted by Crippen LogP contribution is -2.54. The lowest BCUT2D eigenvalue weighted by Gasteiger charge is -2.34. The number of carbonyl (C=O) groups is 3. The monoisotopic (exact) mass is 445 g/mol. The first-order valence-corrected chi connectivity index (χ1v) is 12.0. The molecule has 4 amide bonds. The average Bonchev–Trinajstić information content (AvgIpc) is 3.24. The molecule has 2 aromatic carbocycles. The molecule has 5 rings (SSSR count). The third-order valence-corrected chi connectivity index (χ3v) is 7.76. The Morgan fingerprint density at radius 3 is 2.58 bits per heavy atom. The molecule has 1 aliphatic heterocycles. The van der Waals surface area contributed by atoms with E-state index < -0.39 is 17.6 Å². The van der Waals surface area contributed by atoms with Gasteiger partial charge in [0.2, 0.25) is 5.91 Å². The zero-order chi connectivity index (χ0) is 23.2. The molecule has 2 fully saturated rings. The Balaban J connectivity index is 1.46. The van der Waals surface area contributed by atoms with Crippen LogP contribution in [-0.4, -0.2) is 34.8 Å². The first kappa shape index (κ1) is 21.7. The van der Waals surface area contributed by atoms with Crippen molar-refractivity contribution in [3.63, 3.8) is 0 Å². The van der Waals surface area contributed by atoms with Gasteiger partial charge in [-0.25, -0.2) is 9.69 Å². The minimum absolute atomic E-state index is 0.0219. The molecule has 0 aromatic heterocycles. The Morgan fingerprint density at radius 1 is 1.15 bits per heavy atom. The van der Waals surface area contributed by atoms with E-state index in [4.69, 9.17) is 0 Å². The van der Waals surface area contributed by atoms with E-state index in [1.807, 2.05) is 62.4 Å². The minimum Gasteiger partial charge on any atom is -0.352 e. The Bertz CT molecular complexity index is 1090. The van der Waals surface area contributed by atoms with Gasteiger partial charge >= 0.3 is 6.03 Å². The fourth-order valence-corrected chi connectivity index (χ4v) is 5.47. The second kappa shape index (κ2) is 8.32. The van der Waals surface area contributed by atoms with Gasteiger partial charge in [0, 0.05) is 12.5 Å². The van der Waals surface area contributed by atoms with Crippen LogP contribution in [0.2, 0.25) is 0 Å². The summed E-state index contributed by atoms with van der Waals surface area (Å²) in [7, 11) is 0. The summed E-state index contributed by atoms with van der Waals surface area (Å²) < 4.78 is 0. The highest BCUT2D eigenvalue weighted by molar-refractivity contribution is 6.10. The Labute approximate surface area is 194 Å². The molecule has 3 atom stereocenters. The van der Waals surface area contributed by atoms with Gasteiger partial charge in [-0.3, -0.25) is 9.59 Å². The van der Waals surface area contributed by atoms with Crippen LogP contribution in [-0.2, 0) is 28.0 Å². The second-order valence-corrected chi connectivity index (χ2v) is 9.86. The Morgan fingerprint density at radius 2 is 1.88 bits per heavy atom. The predicted octanol–water partition coefficient (Wildman–Crippen LogP) is 3.60. The molecule has 2 aromatic rings. The molecule has 2 N–H and O–H groups in total. The highest BCUT2D eigenvalue weighted by atomic mass is 16.2. The van der Waals surface area contributed by atoms with Crippen LogP contribution in [0.3, 0.4) is 0 Å². The normalized spacial score (nSPS) is 23.8. The van der Waals surface area contributed by atoms with Gasteiger partial charge in [0.05, 0.1) is 0 Å². The summed E-state index contributed by atoms with van der Waals surface area (Å²) in [6, 6.07) is 14.3. The number of imide groups is 1. The Kier molecular flexibility index (Phi) is 5.47. The van der Waals surface area contributed by atoms with E-state index in [0.29, 0.717) is 18.8 Å². The molecular weight excluding hydrogens is 414 g/mol. The molecule has 1 saturated carbocycles. The zero-order valence-corrected chi connectivity index (χ0v) is 19.3. The number of nitrogens with one attached hydrogen (secondary N) is 2. The number of carbonyl (C=O) groups excluding carboxylic acids is 3. The van der Waals surface area contributed by atoms with Crippen molar-refractivity contribution in [1.29, 1.82) is 0 Å². The fourth-order valence-electron chi connectivity index (χ4n) is 5.47. The maximum atomic E-state index is 13.8. The molecule has 2 aliphatic carbocycles. The van der Waals surface area contributed by atoms with Crippen LogP contribution >= 0.6 is 0 Å². The molecule has 0 bridgehead atoms. The number of urea groups is 1. The number of nitrogens with zero attached hydrogens (tertiary/aromatic N) is 1. The van der Waals surface area contributed by atoms with Gasteiger partial charge < -0.3 is 10.6 Å². The predicted molar refractivity (Wildman–Crippen MR) is 125 cm³/mol. The SMILES string of the molecule is Cc1ccc(CC(C(=O)N[C@@H](C)C2CCC2)N2C(=O)N[C@]3(CCc4ccccc43)C2=O)cc1. The second-order valence-electron chi connectivity index (χ2n) is 9.86. The zero-order valence-electron chi connectivity index (χ0n) is 19.3. The maximum absolute atomic E-state index is 13.8. The average molecular weight is 446 g/mol. The molecule has 172 valence electrons. The third kappa shape index (κ3) is 3.71. The number of aryl methyl sites for hydroxylation is 2. The molecule has 3 aliphatic rings. The van der Waals surface area contributed by atoms with Gasteiger partial charge in [-0.1, -0.05) is 60.5 Å². The summed E-state index contributed by atoms with van der Waals surface area (Å²) in [5.74, 6) is -0.118. The quantitative estimate of drug-likeness (QED) is 0.667. The van der Waals surface area contributed by atoms with Crippen LogP contribution in [0.4, 0.5) is 4.79 Å². The number of hydrogen-bond acceptors (Lipinski definition) is 3. The topological polar surface area (TPSA) is 78.5 Å². The first-order valence-electron chi connectivity index (χ1n) is 12.0. The van der Waals surface area contributed by atoms with Gasteiger partial charge in [-0.2, -0.15) is 0 Å². The molecule has 33 heavy (non-hydrogen) atoms. The van der Waals surface area contributed by atoms with E-state index in [0.717, 1.165) is 41.5 Å². The summed E-state index contributed by atoms with van der Waals surface area (Å²) in [5.41, 5.74) is 2.90. The summed E-state index contributed by atoms with van der Waals surface area (Å²) >= 11 is 0. The highest BCUT2D eigenvalue weighted by Gasteiger charge is 2.57. The van der Waals surface area contributed by atoms with Gasteiger partial charge in [-0.15, -0.1) is 0 Å². The summed E-state index contributed by atoms with van der Waals surface area (Å²) in [6.45, 7) is 4.03. The number of fused-ring (bicyclic) bond motifs is 2. The molecule has 1 heterocycles. The van der Waals surface area contributed by atoms with Gasteiger partial charge in [0.25, 0.3) is 5.91 Å². The largest absolute Gasteiger partial charge is 0.352 e. The van der Waals surface area contributed by atoms with Crippen molar-refractivity contribution in [2.45, 2.75) is 70.0 Å². The van der Waals surface area contributed by atoms with Gasteiger partial charge in [0.15, 0.2) is 0 Å². The van der Waals surface area contributed by atoms with Crippen LogP contribution in [0.1, 0.15) is 54.9 Å². The third-order valence-electron chi connectivity index (χ3n) is 7.76. The highest BCUT2D eigenvalue weighted by Crippen LogP contribution is 2.42. The van der Waals surface area contributed by atoms with E-state index in [-0.39, 0.29) is 17.9 Å². The van der Waals surface area contributed by atoms with E-state index in [1.165, 1.54) is 11.3 Å². The van der Waals surface area contributed by atoms with Crippen molar-refractivity contribution in [3.05, 3.63) is 70.8 Å². The van der Waals surface area contributed by atoms with E-state index in [9.17, 15) is 14.4 Å². The first-order chi connectivity index (χ1) is 15.9. The molecule has 6 nitrogen and oxygen atoms in total. The minimum atomic E-state index is -1.07. The number of benzene rings is 2. The van der Waals surface area contributed by atoms with Crippen molar-refractivity contribution >= 4 is 17.8 Å². The van der Waals surface area contributed by atoms with Crippen LogP contribution in [0, 0.1) is 12.8 Å². The summed E-state index contributed by atoms with van der Waals surface area (Å²) in [5, 5.41) is 6.09. The van der Waals surface area contributed by atoms with Crippen molar-refractivity contribution in [3.8, 4) is 0 Å². The number of amides is 4. The van der Waals surface area contributed by atoms with Crippen molar-refractivity contribution in [2.75, 3.05) is 0 Å². The van der Waals surface area contributed by atoms with E-state index in [1.54, 1.807) is 0 Å². The van der Waals surface area contributed by atoms with Crippen molar-refractivity contribution in [1.82, 2.24) is 15.5 Å². The van der Waals surface area contributed by atoms with E-state index in [2.05, 4.69) is 10.6 Å². The summed E-state index contributed by atoms with van der Waals surface area (Å²) in [4.78, 5) is 41.8. The summed E-state index contributed by atoms with van der Waals surface area (Å²) in [6.07, 6.45) is 4.93. The maximum Gasteiger partial charge on any atom is 0.326 e. The molecule has 1 unspecified atom stereocenters. The lowest BCUT2D eigenvalue weighted by molar-refractivity contribution is -0.139. The van der Waals surface area contributed by atoms with Crippen LogP contribution < -0.4 is 10.6 Å². The molecule has 0 radical (unpaired) electrons. The Hall–Kier alpha value is -3.15. The molecule has 1 saturated heterocycles. The standard InChI is InChI=1S/C27H31N3O3/c1-17-10-12-19(13-11-17)16-23(24(31)28-18(2)20-7-5-8-20)30-25(32)27(29-26(30)33)15-14-21-6-3-4-9-22(21)27/h3-4,6,9-13,18,20,23H,5,7-8,14-16H2,1-2H3,(H,28,31)(H,29,33)/t18-,23?,27-/m0/s1. The van der Waals surface area contributed by atoms with Gasteiger partial charge in [0.1, 0.15) is 11.6 Å². The van der Waals surface area contributed by atoms with Crippen LogP contribution in [0.5, 0.6) is 0 Å². The number of hydrogen-bond donors (Lipinski definition) is 2. The lowest BCUT2D eigenvalue weighted by atomic mass is 9.80. The van der Waals surface area contributed by atoms with Crippen molar-refractivity contribution < 1.29 is 14.4 Å². The van der Waals surface area contributed by atoms with E-state index >= 15 is 0 Å². The number of rotatable bonds is 6. The smallest absolute Gasteiger partial charge is 0.326 e. The molecule has 6 heteroatoms. The van der Waals surface area contributed by atoms with Crippen molar-refractivity contribution in [2.24, 2.45) is 5.92 Å². The van der Waals surface area contributed by atoms with Gasteiger partial charge in [-0.05, 0) is 62.1 Å². The molecular formula is C27H31N3O3. The van der Waals surface area contributed by atoms with Crippen LogP contribution in [0.15, 0.2) is 48.5 Å². The fraction of sp³-hybridized carbons (Fsp3) is 0.444. The van der Waals surface area contributed by atoms with Crippen LogP contribution in [0.25, 0.3) is 0 Å². The molecule has 1 spiro atoms.